The normalized spacial score (nSPS) is 15.8. The number of amidine groups is 1. The number of carbonyl (C=O) groups is 2. The second kappa shape index (κ2) is 7.67. The van der Waals surface area contributed by atoms with E-state index in [-0.39, 0.29) is 29.3 Å². The molecule has 1 aliphatic heterocycles. The number of hydrogen-bond acceptors (Lipinski definition) is 6. The summed E-state index contributed by atoms with van der Waals surface area (Å²) in [6.07, 6.45) is -0.155. The third-order valence-electron chi connectivity index (χ3n) is 3.79. The van der Waals surface area contributed by atoms with Crippen LogP contribution >= 0.6 is 0 Å². The van der Waals surface area contributed by atoms with Gasteiger partial charge in [0.15, 0.2) is 6.61 Å². The van der Waals surface area contributed by atoms with Crippen LogP contribution in [0.3, 0.4) is 0 Å². The summed E-state index contributed by atoms with van der Waals surface area (Å²) >= 11 is 0. The number of fused-ring (bicyclic) bond motifs is 1. The first-order chi connectivity index (χ1) is 12.9. The summed E-state index contributed by atoms with van der Waals surface area (Å²) in [6, 6.07) is 11.8. The zero-order valence-electron chi connectivity index (χ0n) is 14.0. The minimum atomic E-state index is -3.64. The molecule has 0 saturated carbocycles. The number of ether oxygens (including phenoxy) is 1. The predicted molar refractivity (Wildman–Crippen MR) is 94.5 cm³/mol. The third-order valence-corrected chi connectivity index (χ3v) is 5.18. The molecule has 1 heterocycles. The van der Waals surface area contributed by atoms with Gasteiger partial charge in [-0.25, -0.2) is 12.8 Å². The fourth-order valence-electron chi connectivity index (χ4n) is 2.49. The van der Waals surface area contributed by atoms with Crippen LogP contribution in [0.15, 0.2) is 58.4 Å². The molecule has 3 rings (SSSR count). The molecule has 0 unspecified atom stereocenters. The van der Waals surface area contributed by atoms with Crippen molar-refractivity contribution in [3.8, 4) is 0 Å². The largest absolute Gasteiger partial charge is 0.457 e. The SMILES string of the molecule is O=C(CCN=C1NS(=O)(=O)c2ccccc21)OCC(=O)c1ccccc1F. The molecular formula is C18H15FN2O5S. The lowest BCUT2D eigenvalue weighted by atomic mass is 10.1. The van der Waals surface area contributed by atoms with Crippen molar-refractivity contribution in [2.24, 2.45) is 4.99 Å². The minimum Gasteiger partial charge on any atom is -0.457 e. The molecule has 0 radical (unpaired) electrons. The van der Waals surface area contributed by atoms with Crippen LogP contribution in [0.25, 0.3) is 0 Å². The van der Waals surface area contributed by atoms with E-state index >= 15 is 0 Å². The maximum atomic E-state index is 13.5. The Hall–Kier alpha value is -3.07. The van der Waals surface area contributed by atoms with Gasteiger partial charge in [0.25, 0.3) is 10.0 Å². The number of benzene rings is 2. The quantitative estimate of drug-likeness (QED) is 0.597. The first-order valence-corrected chi connectivity index (χ1v) is 9.47. The second-order valence-corrected chi connectivity index (χ2v) is 7.30. The molecule has 9 heteroatoms. The molecule has 140 valence electrons. The van der Waals surface area contributed by atoms with E-state index in [0.717, 1.165) is 6.07 Å². The van der Waals surface area contributed by atoms with Crippen molar-refractivity contribution in [2.75, 3.05) is 13.2 Å². The smallest absolute Gasteiger partial charge is 0.308 e. The highest BCUT2D eigenvalue weighted by Crippen LogP contribution is 2.22. The molecule has 1 N–H and O–H groups in total. The van der Waals surface area contributed by atoms with Crippen LogP contribution in [-0.2, 0) is 19.6 Å². The molecule has 2 aromatic rings. The van der Waals surface area contributed by atoms with Crippen LogP contribution in [-0.4, -0.2) is 39.2 Å². The van der Waals surface area contributed by atoms with Crippen LogP contribution in [0.2, 0.25) is 0 Å². The van der Waals surface area contributed by atoms with Crippen LogP contribution in [0, 0.1) is 5.82 Å². The number of sulfonamides is 1. The summed E-state index contributed by atoms with van der Waals surface area (Å²) in [4.78, 5) is 27.8. The molecule has 0 aliphatic carbocycles. The Balaban J connectivity index is 1.54. The molecule has 0 atom stereocenters. The first kappa shape index (κ1) is 18.7. The van der Waals surface area contributed by atoms with E-state index in [2.05, 4.69) is 9.71 Å². The van der Waals surface area contributed by atoms with Crippen LogP contribution in [0.4, 0.5) is 4.39 Å². The van der Waals surface area contributed by atoms with Crippen molar-refractivity contribution in [1.29, 1.82) is 0 Å². The van der Waals surface area contributed by atoms with Gasteiger partial charge in [0, 0.05) is 5.56 Å². The fourth-order valence-corrected chi connectivity index (χ4v) is 3.74. The van der Waals surface area contributed by atoms with Gasteiger partial charge in [0.05, 0.1) is 23.4 Å². The molecule has 0 bridgehead atoms. The fraction of sp³-hybridized carbons (Fsp3) is 0.167. The van der Waals surface area contributed by atoms with Gasteiger partial charge in [-0.15, -0.1) is 0 Å². The number of halogens is 1. The summed E-state index contributed by atoms with van der Waals surface area (Å²) in [5, 5.41) is 0. The molecular weight excluding hydrogens is 375 g/mol. The van der Waals surface area contributed by atoms with E-state index in [1.807, 2.05) is 0 Å². The molecule has 7 nitrogen and oxygen atoms in total. The Labute approximate surface area is 154 Å². The number of nitrogens with zero attached hydrogens (tertiary/aromatic N) is 1. The Morgan fingerprint density at radius 2 is 1.78 bits per heavy atom. The lowest BCUT2D eigenvalue weighted by Gasteiger charge is -2.04. The van der Waals surface area contributed by atoms with Gasteiger partial charge in [-0.3, -0.25) is 19.3 Å². The topological polar surface area (TPSA) is 102 Å². The van der Waals surface area contributed by atoms with Crippen molar-refractivity contribution >= 4 is 27.6 Å². The minimum absolute atomic E-state index is 0.0289. The summed E-state index contributed by atoms with van der Waals surface area (Å²) in [7, 11) is -3.64. The molecule has 0 saturated heterocycles. The predicted octanol–water partition coefficient (Wildman–Crippen LogP) is 1.68. The number of rotatable bonds is 6. The maximum Gasteiger partial charge on any atom is 0.308 e. The Morgan fingerprint density at radius 1 is 1.07 bits per heavy atom. The summed E-state index contributed by atoms with van der Waals surface area (Å²) in [5.41, 5.74) is 0.281. The van der Waals surface area contributed by atoms with Crippen molar-refractivity contribution in [3.05, 3.63) is 65.5 Å². The highest BCUT2D eigenvalue weighted by Gasteiger charge is 2.29. The van der Waals surface area contributed by atoms with Gasteiger partial charge in [-0.05, 0) is 24.3 Å². The van der Waals surface area contributed by atoms with Gasteiger partial charge in [-0.2, -0.15) is 0 Å². The molecule has 0 spiro atoms. The number of ketones is 1. The molecule has 0 fully saturated rings. The number of nitrogens with one attached hydrogen (secondary N) is 1. The van der Waals surface area contributed by atoms with Crippen molar-refractivity contribution in [1.82, 2.24) is 4.72 Å². The molecule has 0 amide bonds. The third kappa shape index (κ3) is 4.20. The lowest BCUT2D eigenvalue weighted by Crippen LogP contribution is -2.22. The number of carbonyl (C=O) groups excluding carboxylic acids is 2. The van der Waals surface area contributed by atoms with Crippen LogP contribution in [0.5, 0.6) is 0 Å². The van der Waals surface area contributed by atoms with E-state index in [0.29, 0.717) is 5.56 Å². The highest BCUT2D eigenvalue weighted by molar-refractivity contribution is 7.90. The Bertz CT molecular complexity index is 1030. The standard InChI is InChI=1S/C18H15FN2O5S/c19-14-7-3-1-5-12(14)15(22)11-26-17(23)9-10-20-18-13-6-2-4-8-16(13)27(24,25)21-18/h1-8H,9-11H2,(H,20,21). The van der Waals surface area contributed by atoms with Crippen LogP contribution < -0.4 is 4.72 Å². The number of hydrogen-bond donors (Lipinski definition) is 1. The Morgan fingerprint density at radius 3 is 2.56 bits per heavy atom. The summed E-state index contributed by atoms with van der Waals surface area (Å²) < 4.78 is 44.5. The van der Waals surface area contributed by atoms with Crippen LogP contribution in [0.1, 0.15) is 22.3 Å². The van der Waals surface area contributed by atoms with Gasteiger partial charge in [-0.1, -0.05) is 24.3 Å². The molecule has 0 aromatic heterocycles. The number of aliphatic imine (C=N–C) groups is 1. The molecule has 27 heavy (non-hydrogen) atoms. The first-order valence-electron chi connectivity index (χ1n) is 7.98. The number of Topliss-reactive ketones (excluding diaryl/α,β-unsaturated/α-hetero) is 1. The van der Waals surface area contributed by atoms with E-state index in [1.165, 1.54) is 24.3 Å². The van der Waals surface area contributed by atoms with Gasteiger partial charge in [0.2, 0.25) is 5.78 Å². The zero-order valence-corrected chi connectivity index (χ0v) is 14.8. The van der Waals surface area contributed by atoms with Gasteiger partial charge >= 0.3 is 5.97 Å². The lowest BCUT2D eigenvalue weighted by molar-refractivity contribution is -0.142. The second-order valence-electron chi connectivity index (χ2n) is 5.65. The van der Waals surface area contributed by atoms with Crippen molar-refractivity contribution in [2.45, 2.75) is 11.3 Å². The Kier molecular flexibility index (Phi) is 5.31. The van der Waals surface area contributed by atoms with Crippen molar-refractivity contribution < 1.29 is 27.1 Å². The average molecular weight is 390 g/mol. The monoisotopic (exact) mass is 390 g/mol. The van der Waals surface area contributed by atoms with E-state index in [1.54, 1.807) is 18.2 Å². The van der Waals surface area contributed by atoms with Gasteiger partial charge in [0.1, 0.15) is 11.7 Å². The van der Waals surface area contributed by atoms with E-state index < -0.39 is 34.2 Å². The van der Waals surface area contributed by atoms with E-state index in [9.17, 15) is 22.4 Å². The van der Waals surface area contributed by atoms with Gasteiger partial charge < -0.3 is 4.74 Å². The zero-order chi connectivity index (χ0) is 19.4. The summed E-state index contributed by atoms with van der Waals surface area (Å²) in [6.45, 7) is -0.606. The van der Waals surface area contributed by atoms with E-state index in [4.69, 9.17) is 4.74 Å². The average Bonchev–Trinajstić information content (AvgIpc) is 2.91. The number of esters is 1. The molecule has 2 aromatic carbocycles. The highest BCUT2D eigenvalue weighted by atomic mass is 32.2. The summed E-state index contributed by atoms with van der Waals surface area (Å²) in [5.74, 6) is -1.87. The van der Waals surface area contributed by atoms with Crippen molar-refractivity contribution in [3.63, 3.8) is 0 Å². The molecule has 1 aliphatic rings. The maximum absolute atomic E-state index is 13.5.